The quantitative estimate of drug-likeness (QED) is 0.0329. The van der Waals surface area contributed by atoms with Crippen LogP contribution in [0, 0.1) is 5.92 Å². The van der Waals surface area contributed by atoms with Gasteiger partial charge in [-0.25, -0.2) is 4.79 Å². The fourth-order valence-corrected chi connectivity index (χ4v) is 7.67. The molecule has 0 aliphatic carbocycles. The van der Waals surface area contributed by atoms with E-state index in [1.807, 2.05) is 5.32 Å². The minimum Gasteiger partial charge on any atom is -0.508 e. The van der Waals surface area contributed by atoms with E-state index < -0.39 is 182 Å². The van der Waals surface area contributed by atoms with Crippen molar-refractivity contribution in [3.8, 4) is 5.75 Å². The van der Waals surface area contributed by atoms with Gasteiger partial charge in [0.15, 0.2) is 6.04 Å². The van der Waals surface area contributed by atoms with E-state index in [2.05, 4.69) is 37.2 Å². The fourth-order valence-electron chi connectivity index (χ4n) is 7.67. The van der Waals surface area contributed by atoms with Crippen molar-refractivity contribution >= 4 is 70.9 Å². The van der Waals surface area contributed by atoms with Gasteiger partial charge in [-0.2, -0.15) is 0 Å². The molecule has 0 radical (unpaired) electrons. The number of aliphatic hydroxyl groups excluding tert-OH is 3. The van der Waals surface area contributed by atoms with Gasteiger partial charge in [-0.3, -0.25) is 52.7 Å². The monoisotopic (exact) mass is 1080 g/mol. The maximum atomic E-state index is 14.0. The number of benzene rings is 1. The number of primary amides is 2. The average Bonchev–Trinajstić information content (AvgIpc) is 3.85. The summed E-state index contributed by atoms with van der Waals surface area (Å²) in [6.45, 7) is 7.47. The molecule has 0 bridgehead atoms. The van der Waals surface area contributed by atoms with E-state index in [1.165, 1.54) is 49.9 Å². The Kier molecular flexibility index (Phi) is 26.2. The summed E-state index contributed by atoms with van der Waals surface area (Å²) in [7, 11) is 0. The van der Waals surface area contributed by atoms with Crippen molar-refractivity contribution in [2.75, 3.05) is 13.2 Å². The van der Waals surface area contributed by atoms with Crippen LogP contribution in [0.4, 0.5) is 0 Å². The summed E-state index contributed by atoms with van der Waals surface area (Å²) in [6, 6.07) is -9.78. The van der Waals surface area contributed by atoms with Crippen LogP contribution in [0.1, 0.15) is 92.1 Å². The van der Waals surface area contributed by atoms with Gasteiger partial charge in [0.25, 0.3) is 0 Å². The third kappa shape index (κ3) is 20.3. The maximum Gasteiger partial charge on any atom is 0.328 e. The van der Waals surface area contributed by atoms with Gasteiger partial charge < -0.3 is 90.2 Å². The molecule has 1 heterocycles. The summed E-state index contributed by atoms with van der Waals surface area (Å²) in [5, 5.41) is 68.7. The van der Waals surface area contributed by atoms with Gasteiger partial charge in [-0.15, -0.1) is 0 Å². The highest BCUT2D eigenvalue weighted by Crippen LogP contribution is 2.20. The minimum atomic E-state index is -1.90. The van der Waals surface area contributed by atoms with Crippen molar-refractivity contribution in [2.45, 2.75) is 166 Å². The SMILES string of the molecule is CC[C@H](C)[C@H](NC(=O)[C@@H]1CCCN1C(=O)[C@H](C)N)C(=O)N[C@H](C(=O)N[C@@H](C)C(=O)N[C@@H](Cc1ccc(O)cc1)C(=O)N[C@@H](CO)C(=O)N[C@@H](CCC(N)=O)C(=O)N[C@@H](CCC(N)=O)C(=O)N[C@H](C(=O)O)[C@@H](C)O)[C@@H](C)O. The van der Waals surface area contributed by atoms with Crippen LogP contribution in [0.25, 0.3) is 0 Å². The minimum absolute atomic E-state index is 0.159. The lowest BCUT2D eigenvalue weighted by Gasteiger charge is -2.31. The highest BCUT2D eigenvalue weighted by Gasteiger charge is 2.40. The van der Waals surface area contributed by atoms with E-state index in [9.17, 15) is 83.1 Å². The molecule has 0 spiro atoms. The number of aliphatic hydroxyl groups is 3. The molecule has 2 rings (SSSR count). The number of carboxylic acid groups (broad SMARTS) is 1. The molecule has 11 amide bonds. The molecule has 29 heteroatoms. The Balaban J connectivity index is 2.34. The van der Waals surface area contributed by atoms with Crippen LogP contribution >= 0.6 is 0 Å². The van der Waals surface area contributed by atoms with E-state index >= 15 is 0 Å². The Morgan fingerprint density at radius 1 is 0.618 bits per heavy atom. The Hall–Kier alpha value is -7.50. The number of likely N-dealkylation sites (tertiary alicyclic amines) is 1. The molecule has 13 atom stereocenters. The molecule has 424 valence electrons. The number of carboxylic acids is 1. The second-order valence-electron chi connectivity index (χ2n) is 18.7. The number of nitrogens with two attached hydrogens (primary N) is 3. The normalized spacial score (nSPS) is 17.9. The van der Waals surface area contributed by atoms with Gasteiger partial charge in [0.05, 0.1) is 24.9 Å². The van der Waals surface area contributed by atoms with Crippen molar-refractivity contribution in [3.05, 3.63) is 29.8 Å². The molecule has 1 aromatic carbocycles. The van der Waals surface area contributed by atoms with Crippen LogP contribution in [0.5, 0.6) is 5.75 Å². The molecule has 1 saturated heterocycles. The first-order valence-corrected chi connectivity index (χ1v) is 24.6. The molecule has 0 saturated carbocycles. The number of amides is 11. The molecule has 29 nitrogen and oxygen atoms in total. The molecule has 76 heavy (non-hydrogen) atoms. The standard InChI is InChI=1S/C47H74N12O17/c1-7-21(2)35(56-43(71)32-9-8-18-59(32)46(74)22(3)48)44(72)57-36(24(5)61)45(73)51-23(4)38(66)54-30(19-26-10-12-27(63)13-11-26)41(69)55-31(20-60)42(70)53-28(14-16-33(49)64)39(67)52-29(15-17-34(50)65)40(68)58-37(25(6)62)47(75)76/h10-13,21-25,28-32,35-37,60-63H,7-9,14-20,48H2,1-6H3,(H2,49,64)(H2,50,65)(H,51,73)(H,52,67)(H,53,70)(H,54,66)(H,55,69)(H,56,71)(H,57,72)(H,58,68)(H,75,76)/t21-,22-,23-,24+,25+,28-,29-,30-,31-,32-,35-,36-,37-/m0/s1. The van der Waals surface area contributed by atoms with Crippen molar-refractivity contribution < 1.29 is 83.1 Å². The number of phenols is 1. The van der Waals surface area contributed by atoms with E-state index in [4.69, 9.17) is 17.2 Å². The van der Waals surface area contributed by atoms with E-state index in [0.717, 1.165) is 6.92 Å². The van der Waals surface area contributed by atoms with Crippen molar-refractivity contribution in [1.29, 1.82) is 0 Å². The lowest BCUT2D eigenvalue weighted by Crippen LogP contribution is -2.62. The predicted molar refractivity (Wildman–Crippen MR) is 266 cm³/mol. The first-order chi connectivity index (χ1) is 35.5. The third-order valence-electron chi connectivity index (χ3n) is 12.3. The van der Waals surface area contributed by atoms with Gasteiger partial charge in [0.1, 0.15) is 54.1 Å². The number of carbonyl (C=O) groups is 12. The zero-order valence-electron chi connectivity index (χ0n) is 43.2. The summed E-state index contributed by atoms with van der Waals surface area (Å²) < 4.78 is 0. The molecular formula is C47H74N12O17. The second-order valence-corrected chi connectivity index (χ2v) is 18.7. The zero-order chi connectivity index (χ0) is 57.7. The molecule has 19 N–H and O–H groups in total. The third-order valence-corrected chi connectivity index (χ3v) is 12.3. The number of aromatic hydroxyl groups is 1. The number of aliphatic carboxylic acids is 1. The van der Waals surface area contributed by atoms with Gasteiger partial charge in [0, 0.05) is 25.8 Å². The largest absolute Gasteiger partial charge is 0.508 e. The highest BCUT2D eigenvalue weighted by atomic mass is 16.4. The summed E-state index contributed by atoms with van der Waals surface area (Å²) in [5.74, 6) is -13.0. The average molecular weight is 1080 g/mol. The molecular weight excluding hydrogens is 1000 g/mol. The number of nitrogens with zero attached hydrogens (tertiary/aromatic N) is 1. The van der Waals surface area contributed by atoms with Crippen molar-refractivity contribution in [3.63, 3.8) is 0 Å². The summed E-state index contributed by atoms with van der Waals surface area (Å²) in [6.07, 6.45) is -4.44. The van der Waals surface area contributed by atoms with Crippen LogP contribution < -0.4 is 59.7 Å². The van der Waals surface area contributed by atoms with E-state index in [0.29, 0.717) is 24.8 Å². The van der Waals surface area contributed by atoms with E-state index in [1.54, 1.807) is 13.8 Å². The number of hydrogen-bond acceptors (Lipinski definition) is 17. The fraction of sp³-hybridized carbons (Fsp3) is 0.617. The topological polar surface area (TPSA) is 484 Å². The Morgan fingerprint density at radius 2 is 1.08 bits per heavy atom. The van der Waals surface area contributed by atoms with Crippen molar-refractivity contribution in [2.24, 2.45) is 23.1 Å². The summed E-state index contributed by atoms with van der Waals surface area (Å²) >= 11 is 0. The lowest BCUT2D eigenvalue weighted by atomic mass is 9.97. The Labute approximate surface area is 437 Å². The predicted octanol–water partition coefficient (Wildman–Crippen LogP) is -6.41. The number of phenolic OH excluding ortho intramolecular Hbond substituents is 1. The maximum absolute atomic E-state index is 14.0. The Morgan fingerprint density at radius 3 is 1.55 bits per heavy atom. The van der Waals surface area contributed by atoms with Crippen LogP contribution in [-0.2, 0) is 64.0 Å². The molecule has 1 aromatic rings. The lowest BCUT2D eigenvalue weighted by molar-refractivity contribution is -0.145. The van der Waals surface area contributed by atoms with Gasteiger partial charge in [-0.1, -0.05) is 32.4 Å². The first-order valence-electron chi connectivity index (χ1n) is 24.6. The number of rotatable bonds is 31. The molecule has 1 fully saturated rings. The van der Waals surface area contributed by atoms with Crippen LogP contribution in [0.15, 0.2) is 24.3 Å². The first kappa shape index (κ1) is 64.6. The molecule has 1 aliphatic heterocycles. The Bertz CT molecular complexity index is 2250. The smallest absolute Gasteiger partial charge is 0.328 e. The van der Waals surface area contributed by atoms with E-state index in [-0.39, 0.29) is 18.7 Å². The van der Waals surface area contributed by atoms with Crippen LogP contribution in [0.2, 0.25) is 0 Å². The highest BCUT2D eigenvalue weighted by molar-refractivity contribution is 5.99. The van der Waals surface area contributed by atoms with Gasteiger partial charge >= 0.3 is 5.97 Å². The van der Waals surface area contributed by atoms with Crippen LogP contribution in [0.3, 0.4) is 0 Å². The van der Waals surface area contributed by atoms with Crippen molar-refractivity contribution in [1.82, 2.24) is 47.4 Å². The zero-order valence-corrected chi connectivity index (χ0v) is 43.2. The summed E-state index contributed by atoms with van der Waals surface area (Å²) in [4.78, 5) is 158. The number of nitrogens with one attached hydrogen (secondary N) is 8. The summed E-state index contributed by atoms with van der Waals surface area (Å²) in [5.41, 5.74) is 16.6. The van der Waals surface area contributed by atoms with Crippen LogP contribution in [-0.4, -0.2) is 187 Å². The molecule has 0 aromatic heterocycles. The van der Waals surface area contributed by atoms with Gasteiger partial charge in [0.2, 0.25) is 65.0 Å². The molecule has 1 aliphatic rings. The number of hydrogen-bond donors (Lipinski definition) is 16. The van der Waals surface area contributed by atoms with Gasteiger partial charge in [-0.05, 0) is 77.0 Å². The second kappa shape index (κ2) is 30.8. The molecule has 0 unspecified atom stereocenters. The number of carbonyl (C=O) groups excluding carboxylic acids is 11.